The average Bonchev–Trinajstić information content (AvgIpc) is 2.25. The van der Waals surface area contributed by atoms with Gasteiger partial charge in [-0.05, 0) is 55.8 Å². The van der Waals surface area contributed by atoms with Gasteiger partial charge in [-0.2, -0.15) is 0 Å². The monoisotopic (exact) mass is 267 g/mol. The lowest BCUT2D eigenvalue weighted by molar-refractivity contribution is 0.0424. The lowest BCUT2D eigenvalue weighted by atomic mass is 9.63. The van der Waals surface area contributed by atoms with Crippen LogP contribution in [0.2, 0.25) is 0 Å². The van der Waals surface area contributed by atoms with Crippen LogP contribution in [0.15, 0.2) is 0 Å². The molecule has 1 heterocycles. The van der Waals surface area contributed by atoms with Crippen LogP contribution in [-0.4, -0.2) is 25.3 Å². The van der Waals surface area contributed by atoms with Gasteiger partial charge in [0.25, 0.3) is 0 Å². The summed E-state index contributed by atoms with van der Waals surface area (Å²) in [4.78, 5) is 0. The fourth-order valence-corrected chi connectivity index (χ4v) is 4.69. The highest BCUT2D eigenvalue weighted by molar-refractivity contribution is 4.93. The van der Waals surface area contributed by atoms with Crippen molar-refractivity contribution >= 4 is 0 Å². The third-order valence-electron chi connectivity index (χ3n) is 5.03. The normalized spacial score (nSPS) is 30.2. The summed E-state index contributed by atoms with van der Waals surface area (Å²) in [5.41, 5.74) is 0.962. The van der Waals surface area contributed by atoms with E-state index >= 15 is 0 Å². The van der Waals surface area contributed by atoms with E-state index in [9.17, 15) is 0 Å². The molecule has 19 heavy (non-hydrogen) atoms. The predicted molar refractivity (Wildman–Crippen MR) is 81.3 cm³/mol. The Morgan fingerprint density at radius 3 is 2.05 bits per heavy atom. The standard InChI is InChI=1S/C17H33NO/c1-13(14-6-8-19-9-7-14)18-15-10-16(2,3)12-17(4,5)11-15/h13-15,18H,6-12H2,1-5H3. The minimum absolute atomic E-state index is 0.481. The molecule has 2 heteroatoms. The van der Waals surface area contributed by atoms with Gasteiger partial charge in [-0.15, -0.1) is 0 Å². The largest absolute Gasteiger partial charge is 0.381 e. The van der Waals surface area contributed by atoms with Gasteiger partial charge in [0.1, 0.15) is 0 Å². The molecular formula is C17H33NO. The van der Waals surface area contributed by atoms with Gasteiger partial charge in [0, 0.05) is 25.3 Å². The van der Waals surface area contributed by atoms with E-state index in [-0.39, 0.29) is 0 Å². The van der Waals surface area contributed by atoms with Crippen LogP contribution < -0.4 is 5.32 Å². The minimum Gasteiger partial charge on any atom is -0.381 e. The first-order valence-corrected chi connectivity index (χ1v) is 8.11. The summed E-state index contributed by atoms with van der Waals surface area (Å²) >= 11 is 0. The van der Waals surface area contributed by atoms with Crippen LogP contribution in [-0.2, 0) is 4.74 Å². The van der Waals surface area contributed by atoms with E-state index < -0.39 is 0 Å². The second kappa shape index (κ2) is 5.73. The Bertz CT molecular complexity index is 276. The Hall–Kier alpha value is -0.0800. The third-order valence-corrected chi connectivity index (χ3v) is 5.03. The smallest absolute Gasteiger partial charge is 0.0469 e. The number of hydrogen-bond donors (Lipinski definition) is 1. The summed E-state index contributed by atoms with van der Waals surface area (Å²) in [6.07, 6.45) is 6.46. The molecule has 2 nitrogen and oxygen atoms in total. The molecule has 0 amide bonds. The van der Waals surface area contributed by atoms with Crippen LogP contribution in [0.1, 0.15) is 66.7 Å². The first-order valence-electron chi connectivity index (χ1n) is 8.11. The first-order chi connectivity index (χ1) is 8.77. The summed E-state index contributed by atoms with van der Waals surface area (Å²) in [7, 11) is 0. The fourth-order valence-electron chi connectivity index (χ4n) is 4.69. The van der Waals surface area contributed by atoms with Crippen molar-refractivity contribution in [1.29, 1.82) is 0 Å². The van der Waals surface area contributed by atoms with Gasteiger partial charge in [-0.3, -0.25) is 0 Å². The summed E-state index contributed by atoms with van der Waals surface area (Å²) in [6.45, 7) is 14.0. The van der Waals surface area contributed by atoms with Gasteiger partial charge < -0.3 is 10.1 Å². The van der Waals surface area contributed by atoms with Gasteiger partial charge >= 0.3 is 0 Å². The molecule has 0 bridgehead atoms. The Kier molecular flexibility index (Phi) is 4.62. The second-order valence-electron chi connectivity index (χ2n) is 8.52. The molecule has 1 aliphatic heterocycles. The van der Waals surface area contributed by atoms with E-state index in [0.717, 1.165) is 19.1 Å². The zero-order valence-electron chi connectivity index (χ0n) is 13.6. The van der Waals surface area contributed by atoms with Crippen molar-refractivity contribution in [3.63, 3.8) is 0 Å². The topological polar surface area (TPSA) is 21.3 Å². The minimum atomic E-state index is 0.481. The molecule has 0 spiro atoms. The molecular weight excluding hydrogens is 234 g/mol. The number of ether oxygens (including phenoxy) is 1. The molecule has 1 aliphatic carbocycles. The van der Waals surface area contributed by atoms with E-state index in [1.54, 1.807) is 0 Å². The van der Waals surface area contributed by atoms with Crippen LogP contribution in [0.3, 0.4) is 0 Å². The number of nitrogens with one attached hydrogen (secondary N) is 1. The van der Waals surface area contributed by atoms with Gasteiger partial charge in [0.2, 0.25) is 0 Å². The van der Waals surface area contributed by atoms with Crippen LogP contribution in [0, 0.1) is 16.7 Å². The Labute approximate surface area is 119 Å². The average molecular weight is 267 g/mol. The van der Waals surface area contributed by atoms with Crippen molar-refractivity contribution in [3.05, 3.63) is 0 Å². The van der Waals surface area contributed by atoms with Crippen molar-refractivity contribution in [2.75, 3.05) is 13.2 Å². The fraction of sp³-hybridized carbons (Fsp3) is 1.00. The lowest BCUT2D eigenvalue weighted by Crippen LogP contribution is -2.49. The molecule has 2 aliphatic rings. The Balaban J connectivity index is 1.90. The van der Waals surface area contributed by atoms with Gasteiger partial charge in [0.05, 0.1) is 0 Å². The van der Waals surface area contributed by atoms with Crippen LogP contribution in [0.4, 0.5) is 0 Å². The van der Waals surface area contributed by atoms with Crippen molar-refractivity contribution in [2.45, 2.75) is 78.8 Å². The highest BCUT2D eigenvalue weighted by atomic mass is 16.5. The quantitative estimate of drug-likeness (QED) is 0.834. The predicted octanol–water partition coefficient (Wildman–Crippen LogP) is 4.00. The summed E-state index contributed by atoms with van der Waals surface area (Å²) in [5.74, 6) is 0.807. The van der Waals surface area contributed by atoms with E-state index in [1.165, 1.54) is 32.1 Å². The Morgan fingerprint density at radius 1 is 1.00 bits per heavy atom. The molecule has 1 N–H and O–H groups in total. The zero-order chi connectivity index (χ0) is 14.1. The number of hydrogen-bond acceptors (Lipinski definition) is 2. The molecule has 0 aromatic rings. The summed E-state index contributed by atoms with van der Waals surface area (Å²) in [5, 5.41) is 3.94. The van der Waals surface area contributed by atoms with Crippen LogP contribution >= 0.6 is 0 Å². The van der Waals surface area contributed by atoms with Gasteiger partial charge in [-0.25, -0.2) is 0 Å². The number of rotatable bonds is 3. The van der Waals surface area contributed by atoms with Crippen LogP contribution in [0.5, 0.6) is 0 Å². The van der Waals surface area contributed by atoms with Crippen molar-refractivity contribution < 1.29 is 4.74 Å². The van der Waals surface area contributed by atoms with E-state index in [4.69, 9.17) is 4.74 Å². The molecule has 0 aromatic carbocycles. The van der Waals surface area contributed by atoms with Crippen LogP contribution in [0.25, 0.3) is 0 Å². The van der Waals surface area contributed by atoms with E-state index in [0.29, 0.717) is 22.9 Å². The van der Waals surface area contributed by atoms with E-state index in [1.807, 2.05) is 0 Å². The lowest BCUT2D eigenvalue weighted by Gasteiger charge is -2.46. The molecule has 1 saturated carbocycles. The highest BCUT2D eigenvalue weighted by Gasteiger charge is 2.39. The first kappa shape index (κ1) is 15.3. The van der Waals surface area contributed by atoms with Crippen molar-refractivity contribution in [3.8, 4) is 0 Å². The zero-order valence-corrected chi connectivity index (χ0v) is 13.6. The molecule has 2 fully saturated rings. The second-order valence-corrected chi connectivity index (χ2v) is 8.52. The molecule has 1 atom stereocenters. The summed E-state index contributed by atoms with van der Waals surface area (Å²) in [6, 6.07) is 1.33. The SMILES string of the molecule is CC(NC1CC(C)(C)CC(C)(C)C1)C1CCOCC1. The summed E-state index contributed by atoms with van der Waals surface area (Å²) < 4.78 is 5.48. The van der Waals surface area contributed by atoms with Crippen molar-refractivity contribution in [1.82, 2.24) is 5.32 Å². The maximum atomic E-state index is 5.48. The molecule has 112 valence electrons. The highest BCUT2D eigenvalue weighted by Crippen LogP contribution is 2.45. The maximum absolute atomic E-state index is 5.48. The van der Waals surface area contributed by atoms with Crippen molar-refractivity contribution in [2.24, 2.45) is 16.7 Å². The van der Waals surface area contributed by atoms with E-state index in [2.05, 4.69) is 39.9 Å². The van der Waals surface area contributed by atoms with Gasteiger partial charge in [-0.1, -0.05) is 27.7 Å². The molecule has 2 rings (SSSR count). The Morgan fingerprint density at radius 2 is 1.53 bits per heavy atom. The molecule has 0 radical (unpaired) electrons. The molecule has 1 saturated heterocycles. The maximum Gasteiger partial charge on any atom is 0.0469 e. The molecule has 0 aromatic heterocycles. The third kappa shape index (κ3) is 4.46. The molecule has 1 unspecified atom stereocenters. The van der Waals surface area contributed by atoms with Gasteiger partial charge in [0.15, 0.2) is 0 Å².